The normalized spacial score (nSPS) is 11.1. The lowest BCUT2D eigenvalue weighted by atomic mass is 10.0. The molecule has 0 saturated heterocycles. The van der Waals surface area contributed by atoms with Crippen LogP contribution >= 0.6 is 0 Å². The molecule has 4 N–H and O–H groups in total. The SMILES string of the molecule is C/C(C#N)=C/c1cc(C)c(N)c(C)c1.C/C(C#N)=C\c1cc(C)c(N)c(C)c1. The van der Waals surface area contributed by atoms with Gasteiger partial charge in [0.2, 0.25) is 0 Å². The predicted octanol–water partition coefficient (Wildman–Crippen LogP) is 5.63. The van der Waals surface area contributed by atoms with Crippen molar-refractivity contribution in [3.8, 4) is 12.1 Å². The summed E-state index contributed by atoms with van der Waals surface area (Å²) < 4.78 is 0. The Kier molecular flexibility index (Phi) is 8.05. The summed E-state index contributed by atoms with van der Waals surface area (Å²) in [5, 5.41) is 17.3. The second kappa shape index (κ2) is 10.00. The van der Waals surface area contributed by atoms with E-state index < -0.39 is 0 Å². The van der Waals surface area contributed by atoms with Gasteiger partial charge >= 0.3 is 0 Å². The van der Waals surface area contributed by atoms with E-state index in [4.69, 9.17) is 22.0 Å². The first-order valence-corrected chi connectivity index (χ1v) is 8.99. The minimum absolute atomic E-state index is 0.702. The van der Waals surface area contributed by atoms with Gasteiger partial charge in [-0.1, -0.05) is 0 Å². The molecule has 0 aliphatic heterocycles. The van der Waals surface area contributed by atoms with Crippen molar-refractivity contribution in [1.82, 2.24) is 0 Å². The van der Waals surface area contributed by atoms with Gasteiger partial charge in [-0.3, -0.25) is 0 Å². The maximum Gasteiger partial charge on any atom is 0.0944 e. The number of hydrogen-bond acceptors (Lipinski definition) is 4. The van der Waals surface area contributed by atoms with Crippen LogP contribution in [0, 0.1) is 50.4 Å². The van der Waals surface area contributed by atoms with Crippen molar-refractivity contribution in [2.45, 2.75) is 41.5 Å². The third-order valence-corrected chi connectivity index (χ3v) is 4.35. The number of rotatable bonds is 2. The zero-order valence-electron chi connectivity index (χ0n) is 17.5. The molecule has 2 aromatic carbocycles. The molecule has 0 saturated carbocycles. The zero-order valence-corrected chi connectivity index (χ0v) is 17.5. The monoisotopic (exact) mass is 372 g/mol. The van der Waals surface area contributed by atoms with Crippen LogP contribution in [-0.2, 0) is 0 Å². The molecule has 2 rings (SSSR count). The van der Waals surface area contributed by atoms with Crippen LogP contribution in [-0.4, -0.2) is 0 Å². The Morgan fingerprint density at radius 3 is 1.14 bits per heavy atom. The molecule has 0 fully saturated rings. The van der Waals surface area contributed by atoms with Crippen molar-refractivity contribution in [2.75, 3.05) is 11.5 Å². The molecule has 0 atom stereocenters. The molecule has 0 heterocycles. The van der Waals surface area contributed by atoms with E-state index >= 15 is 0 Å². The summed E-state index contributed by atoms with van der Waals surface area (Å²) in [6, 6.07) is 12.2. The van der Waals surface area contributed by atoms with E-state index in [0.717, 1.165) is 44.8 Å². The Balaban J connectivity index is 0.000000280. The Morgan fingerprint density at radius 2 is 0.929 bits per heavy atom. The van der Waals surface area contributed by atoms with Crippen molar-refractivity contribution in [1.29, 1.82) is 10.5 Å². The maximum absolute atomic E-state index is 8.65. The number of anilines is 2. The number of nitrogens with two attached hydrogens (primary N) is 2. The van der Waals surface area contributed by atoms with E-state index in [1.54, 1.807) is 13.8 Å². The lowest BCUT2D eigenvalue weighted by Gasteiger charge is -2.05. The number of aryl methyl sites for hydroxylation is 4. The van der Waals surface area contributed by atoms with Crippen molar-refractivity contribution in [2.24, 2.45) is 0 Å². The molecule has 0 spiro atoms. The number of nitriles is 2. The van der Waals surface area contributed by atoms with Crippen LogP contribution in [0.15, 0.2) is 35.4 Å². The zero-order chi connectivity index (χ0) is 21.4. The van der Waals surface area contributed by atoms with Gasteiger partial charge in [0.1, 0.15) is 0 Å². The van der Waals surface area contributed by atoms with Crippen molar-refractivity contribution >= 4 is 23.5 Å². The molecule has 2 aromatic rings. The molecule has 0 aromatic heterocycles. The standard InChI is InChI=1S/2C12H14N2/c2*1-8(7-13)4-11-5-9(2)12(14)10(3)6-11/h2*4-6H,14H2,1-3H3/b8-4+;8-4-. The van der Waals surface area contributed by atoms with E-state index in [0.29, 0.717) is 11.1 Å². The molecular formula is C24H28N4. The summed E-state index contributed by atoms with van der Waals surface area (Å²) in [4.78, 5) is 0. The van der Waals surface area contributed by atoms with Crippen LogP contribution in [0.4, 0.5) is 11.4 Å². The van der Waals surface area contributed by atoms with E-state index in [1.807, 2.05) is 64.1 Å². The lowest BCUT2D eigenvalue weighted by molar-refractivity contribution is 1.37. The molecule has 0 unspecified atom stereocenters. The van der Waals surface area contributed by atoms with Crippen LogP contribution < -0.4 is 11.5 Å². The summed E-state index contributed by atoms with van der Waals surface area (Å²) >= 11 is 0. The minimum atomic E-state index is 0.702. The highest BCUT2D eigenvalue weighted by atomic mass is 14.6. The smallest absolute Gasteiger partial charge is 0.0944 e. The summed E-state index contributed by atoms with van der Waals surface area (Å²) in [5.41, 5.74) is 21.0. The largest absolute Gasteiger partial charge is 0.398 e. The van der Waals surface area contributed by atoms with Gasteiger partial charge in [-0.05, 0) is 111 Å². The van der Waals surface area contributed by atoms with Crippen molar-refractivity contribution in [3.05, 3.63) is 68.8 Å². The summed E-state index contributed by atoms with van der Waals surface area (Å²) in [7, 11) is 0. The van der Waals surface area contributed by atoms with E-state index in [9.17, 15) is 0 Å². The molecule has 4 heteroatoms. The average molecular weight is 373 g/mol. The molecule has 0 aliphatic rings. The maximum atomic E-state index is 8.65. The summed E-state index contributed by atoms with van der Waals surface area (Å²) in [5.74, 6) is 0. The molecule has 0 amide bonds. The number of nitrogens with zero attached hydrogens (tertiary/aromatic N) is 2. The Bertz CT molecular complexity index is 882. The molecule has 144 valence electrons. The first kappa shape index (κ1) is 22.5. The minimum Gasteiger partial charge on any atom is -0.398 e. The van der Waals surface area contributed by atoms with Crippen LogP contribution in [0.5, 0.6) is 0 Å². The first-order chi connectivity index (χ1) is 13.1. The number of allylic oxidation sites excluding steroid dienone is 2. The summed E-state index contributed by atoms with van der Waals surface area (Å²) in [6.45, 7) is 11.5. The van der Waals surface area contributed by atoms with Gasteiger partial charge < -0.3 is 11.5 Å². The Hall–Kier alpha value is -3.50. The number of benzene rings is 2. The molecule has 0 bridgehead atoms. The average Bonchev–Trinajstić information content (AvgIpc) is 2.64. The van der Waals surface area contributed by atoms with Gasteiger partial charge in [0.05, 0.1) is 12.1 Å². The van der Waals surface area contributed by atoms with Crippen molar-refractivity contribution in [3.63, 3.8) is 0 Å². The molecule has 28 heavy (non-hydrogen) atoms. The highest BCUT2D eigenvalue weighted by Crippen LogP contribution is 2.21. The van der Waals surface area contributed by atoms with E-state index in [2.05, 4.69) is 12.1 Å². The second-order valence-electron chi connectivity index (χ2n) is 7.02. The first-order valence-electron chi connectivity index (χ1n) is 8.99. The number of nitrogen functional groups attached to an aromatic ring is 2. The Morgan fingerprint density at radius 1 is 0.679 bits per heavy atom. The van der Waals surface area contributed by atoms with Gasteiger partial charge in [0.25, 0.3) is 0 Å². The van der Waals surface area contributed by atoms with E-state index in [1.165, 1.54) is 0 Å². The third kappa shape index (κ3) is 6.34. The highest BCUT2D eigenvalue weighted by molar-refractivity contribution is 5.65. The fourth-order valence-electron chi connectivity index (χ4n) is 2.75. The number of hydrogen-bond donors (Lipinski definition) is 2. The van der Waals surface area contributed by atoms with Gasteiger partial charge in [-0.15, -0.1) is 0 Å². The van der Waals surface area contributed by atoms with Crippen LogP contribution in [0.25, 0.3) is 12.2 Å². The quantitative estimate of drug-likeness (QED) is 0.527. The third-order valence-electron chi connectivity index (χ3n) is 4.35. The molecule has 0 aliphatic carbocycles. The van der Waals surface area contributed by atoms with Gasteiger partial charge in [-0.25, -0.2) is 0 Å². The van der Waals surface area contributed by atoms with Gasteiger partial charge in [0.15, 0.2) is 0 Å². The van der Waals surface area contributed by atoms with Crippen molar-refractivity contribution < 1.29 is 0 Å². The molecule has 0 radical (unpaired) electrons. The molecular weight excluding hydrogens is 344 g/mol. The van der Waals surface area contributed by atoms with E-state index in [-0.39, 0.29) is 0 Å². The topological polar surface area (TPSA) is 99.6 Å². The van der Waals surface area contributed by atoms with Crippen LogP contribution in [0.1, 0.15) is 47.2 Å². The predicted molar refractivity (Wildman–Crippen MR) is 119 cm³/mol. The van der Waals surface area contributed by atoms with Crippen LogP contribution in [0.2, 0.25) is 0 Å². The fraction of sp³-hybridized carbons (Fsp3) is 0.250. The highest BCUT2D eigenvalue weighted by Gasteiger charge is 2.01. The van der Waals surface area contributed by atoms with Gasteiger partial charge in [-0.2, -0.15) is 10.5 Å². The lowest BCUT2D eigenvalue weighted by Crippen LogP contribution is -1.94. The van der Waals surface area contributed by atoms with Gasteiger partial charge in [0, 0.05) is 22.5 Å². The Labute approximate surface area is 168 Å². The molecule has 4 nitrogen and oxygen atoms in total. The summed E-state index contributed by atoms with van der Waals surface area (Å²) in [6.07, 6.45) is 3.72. The van der Waals surface area contributed by atoms with Crippen LogP contribution in [0.3, 0.4) is 0 Å². The second-order valence-corrected chi connectivity index (χ2v) is 7.02. The fourth-order valence-corrected chi connectivity index (χ4v) is 2.75.